The van der Waals surface area contributed by atoms with Gasteiger partial charge in [-0.3, -0.25) is 14.8 Å². The van der Waals surface area contributed by atoms with Gasteiger partial charge in [0.15, 0.2) is 0 Å². The molecule has 0 spiro atoms. The number of rotatable bonds is 8. The summed E-state index contributed by atoms with van der Waals surface area (Å²) < 4.78 is 6.75. The fraction of sp³-hybridized carbons (Fsp3) is 0.714. The first-order chi connectivity index (χ1) is 9.53. The second-order valence-electron chi connectivity index (χ2n) is 5.62. The first kappa shape index (κ1) is 15.3. The van der Waals surface area contributed by atoms with Gasteiger partial charge in [0.05, 0.1) is 18.3 Å². The van der Waals surface area contributed by atoms with Crippen LogP contribution in [0, 0.1) is 0 Å². The van der Waals surface area contributed by atoms with E-state index in [1.54, 1.807) is 6.20 Å². The number of esters is 1. The van der Waals surface area contributed by atoms with Gasteiger partial charge in [0, 0.05) is 18.8 Å². The number of carbonyl (C=O) groups excluding carboxylic acids is 1. The van der Waals surface area contributed by atoms with Gasteiger partial charge in [-0.2, -0.15) is 5.10 Å². The van der Waals surface area contributed by atoms with Crippen molar-refractivity contribution in [3.8, 4) is 0 Å². The highest BCUT2D eigenvalue weighted by atomic mass is 35.5. The molecule has 1 N–H and O–H groups in total. The van der Waals surface area contributed by atoms with Crippen LogP contribution < -0.4 is 5.32 Å². The van der Waals surface area contributed by atoms with Crippen LogP contribution in [-0.4, -0.2) is 34.4 Å². The Morgan fingerprint density at radius 2 is 2.35 bits per heavy atom. The molecular formula is C14H22ClN3O2. The third-order valence-electron chi connectivity index (χ3n) is 3.65. The number of halogens is 1. The maximum atomic E-state index is 11.9. The second kappa shape index (κ2) is 6.59. The van der Waals surface area contributed by atoms with Crippen molar-refractivity contribution >= 4 is 17.6 Å². The van der Waals surface area contributed by atoms with Gasteiger partial charge in [-0.15, -0.1) is 0 Å². The molecule has 6 heteroatoms. The van der Waals surface area contributed by atoms with Gasteiger partial charge in [-0.05, 0) is 39.0 Å². The lowest BCUT2D eigenvalue weighted by Gasteiger charge is -2.28. The molecule has 20 heavy (non-hydrogen) atoms. The van der Waals surface area contributed by atoms with Crippen molar-refractivity contribution in [1.29, 1.82) is 0 Å². The highest BCUT2D eigenvalue weighted by Crippen LogP contribution is 2.26. The Labute approximate surface area is 124 Å². The van der Waals surface area contributed by atoms with E-state index in [-0.39, 0.29) is 5.97 Å². The number of nitrogens with one attached hydrogen (secondary N) is 1. The number of unbranched alkanes of at least 4 members (excludes halogenated alkanes) is 1. The van der Waals surface area contributed by atoms with Crippen molar-refractivity contribution in [2.75, 3.05) is 7.11 Å². The summed E-state index contributed by atoms with van der Waals surface area (Å²) in [5.74, 6) is -0.175. The van der Waals surface area contributed by atoms with Gasteiger partial charge < -0.3 is 4.74 Å². The number of aromatic nitrogens is 2. The summed E-state index contributed by atoms with van der Waals surface area (Å²) in [4.78, 5) is 11.9. The Balaban J connectivity index is 1.77. The summed E-state index contributed by atoms with van der Waals surface area (Å²) >= 11 is 5.82. The fourth-order valence-electron chi connectivity index (χ4n) is 2.35. The summed E-state index contributed by atoms with van der Waals surface area (Å²) in [6.45, 7) is 2.75. The summed E-state index contributed by atoms with van der Waals surface area (Å²) in [6, 6.07) is 0.476. The zero-order valence-electron chi connectivity index (χ0n) is 12.1. The molecule has 1 aliphatic rings. The predicted octanol–water partition coefficient (Wildman–Crippen LogP) is 2.39. The van der Waals surface area contributed by atoms with Crippen molar-refractivity contribution in [1.82, 2.24) is 15.1 Å². The van der Waals surface area contributed by atoms with Crippen LogP contribution in [0.2, 0.25) is 5.02 Å². The van der Waals surface area contributed by atoms with E-state index in [9.17, 15) is 4.79 Å². The molecule has 1 atom stereocenters. The zero-order valence-corrected chi connectivity index (χ0v) is 12.8. The first-order valence-electron chi connectivity index (χ1n) is 7.07. The van der Waals surface area contributed by atoms with Crippen molar-refractivity contribution in [3.63, 3.8) is 0 Å². The van der Waals surface area contributed by atoms with Crippen molar-refractivity contribution in [3.05, 3.63) is 17.4 Å². The Morgan fingerprint density at radius 1 is 1.60 bits per heavy atom. The third-order valence-corrected chi connectivity index (χ3v) is 3.85. The minimum atomic E-state index is -0.572. The summed E-state index contributed by atoms with van der Waals surface area (Å²) in [6.07, 6.45) is 8.40. The molecule has 1 aromatic heterocycles. The van der Waals surface area contributed by atoms with Crippen molar-refractivity contribution in [2.45, 2.75) is 57.2 Å². The monoisotopic (exact) mass is 299 g/mol. The van der Waals surface area contributed by atoms with Crippen LogP contribution in [0.5, 0.6) is 0 Å². The third kappa shape index (κ3) is 4.21. The molecular weight excluding hydrogens is 278 g/mol. The smallest absolute Gasteiger partial charge is 0.325 e. The van der Waals surface area contributed by atoms with Crippen LogP contribution >= 0.6 is 11.6 Å². The Bertz CT molecular complexity index is 459. The maximum absolute atomic E-state index is 11.9. The van der Waals surface area contributed by atoms with Gasteiger partial charge in [-0.25, -0.2) is 0 Å². The molecule has 0 saturated heterocycles. The molecule has 2 rings (SSSR count). The number of hydrogen-bond acceptors (Lipinski definition) is 4. The Kier molecular flexibility index (Phi) is 5.05. The molecule has 0 aromatic carbocycles. The lowest BCUT2D eigenvalue weighted by molar-refractivity contribution is -0.148. The molecule has 1 heterocycles. The van der Waals surface area contributed by atoms with E-state index in [1.165, 1.54) is 7.11 Å². The number of ether oxygens (including phenoxy) is 1. The van der Waals surface area contributed by atoms with Crippen LogP contribution in [-0.2, 0) is 16.1 Å². The zero-order chi connectivity index (χ0) is 14.6. The topological polar surface area (TPSA) is 56.2 Å². The van der Waals surface area contributed by atoms with Crippen LogP contribution in [0.1, 0.15) is 39.0 Å². The van der Waals surface area contributed by atoms with Crippen molar-refractivity contribution < 1.29 is 9.53 Å². The number of nitrogens with zero attached hydrogens (tertiary/aromatic N) is 2. The normalized spacial score (nSPS) is 17.8. The SMILES string of the molecule is COC(=O)C(C)(CCCCn1cc(Cl)cn1)NC1CC1. The number of aryl methyl sites for hydroxylation is 1. The number of hydrogen-bond donors (Lipinski definition) is 1. The molecule has 5 nitrogen and oxygen atoms in total. The summed E-state index contributed by atoms with van der Waals surface area (Å²) in [5.41, 5.74) is -0.572. The lowest BCUT2D eigenvalue weighted by atomic mass is 9.94. The molecule has 0 bridgehead atoms. The Morgan fingerprint density at radius 3 is 2.90 bits per heavy atom. The van der Waals surface area contributed by atoms with E-state index in [2.05, 4.69) is 10.4 Å². The minimum absolute atomic E-state index is 0.175. The van der Waals surface area contributed by atoms with Crippen LogP contribution in [0.4, 0.5) is 0 Å². The molecule has 112 valence electrons. The lowest BCUT2D eigenvalue weighted by Crippen LogP contribution is -2.51. The summed E-state index contributed by atoms with van der Waals surface area (Å²) in [7, 11) is 1.45. The minimum Gasteiger partial charge on any atom is -0.468 e. The van der Waals surface area contributed by atoms with Crippen LogP contribution in [0.15, 0.2) is 12.4 Å². The molecule has 0 amide bonds. The van der Waals surface area contributed by atoms with Gasteiger partial charge in [0.1, 0.15) is 5.54 Å². The molecule has 1 unspecified atom stereocenters. The van der Waals surface area contributed by atoms with Crippen molar-refractivity contribution in [2.24, 2.45) is 0 Å². The van der Waals surface area contributed by atoms with Gasteiger partial charge in [0.2, 0.25) is 0 Å². The first-order valence-corrected chi connectivity index (χ1v) is 7.45. The highest BCUT2D eigenvalue weighted by Gasteiger charge is 2.38. The standard InChI is InChI=1S/C14H22ClN3O2/c1-14(13(19)20-2,17-12-5-6-12)7-3-4-8-18-10-11(15)9-16-18/h9-10,12,17H,3-8H2,1-2H3. The predicted molar refractivity (Wildman–Crippen MR) is 77.7 cm³/mol. The van der Waals surface area contributed by atoms with Gasteiger partial charge in [-0.1, -0.05) is 11.6 Å². The molecule has 1 aromatic rings. The van der Waals surface area contributed by atoms with Gasteiger partial charge >= 0.3 is 5.97 Å². The number of carbonyl (C=O) groups is 1. The highest BCUT2D eigenvalue weighted by molar-refractivity contribution is 6.30. The van der Waals surface area contributed by atoms with E-state index >= 15 is 0 Å². The average Bonchev–Trinajstić information content (AvgIpc) is 3.14. The largest absolute Gasteiger partial charge is 0.468 e. The van der Waals surface area contributed by atoms with E-state index in [4.69, 9.17) is 16.3 Å². The maximum Gasteiger partial charge on any atom is 0.325 e. The molecule has 1 fully saturated rings. The average molecular weight is 300 g/mol. The summed E-state index contributed by atoms with van der Waals surface area (Å²) in [5, 5.41) is 8.19. The van der Waals surface area contributed by atoms with Crippen LogP contribution in [0.25, 0.3) is 0 Å². The molecule has 1 aliphatic carbocycles. The second-order valence-corrected chi connectivity index (χ2v) is 6.06. The molecule has 0 aliphatic heterocycles. The molecule has 1 saturated carbocycles. The van der Waals surface area contributed by atoms with E-state index < -0.39 is 5.54 Å². The van der Waals surface area contributed by atoms with E-state index in [0.717, 1.165) is 38.6 Å². The molecule has 0 radical (unpaired) electrons. The van der Waals surface area contributed by atoms with E-state index in [0.29, 0.717) is 11.1 Å². The van der Waals surface area contributed by atoms with E-state index in [1.807, 2.05) is 17.8 Å². The quantitative estimate of drug-likeness (QED) is 0.591. The Hall–Kier alpha value is -1.07. The van der Waals surface area contributed by atoms with Gasteiger partial charge in [0.25, 0.3) is 0 Å². The number of methoxy groups -OCH3 is 1. The fourth-order valence-corrected chi connectivity index (χ4v) is 2.51. The van der Waals surface area contributed by atoms with Crippen LogP contribution in [0.3, 0.4) is 0 Å².